The summed E-state index contributed by atoms with van der Waals surface area (Å²) in [5.74, 6) is 0.00647. The number of hydrogen-bond donors (Lipinski definition) is 2. The van der Waals surface area contributed by atoms with Crippen molar-refractivity contribution in [3.63, 3.8) is 0 Å². The minimum Gasteiger partial charge on any atom is -0.354 e. The van der Waals surface area contributed by atoms with Gasteiger partial charge in [-0.2, -0.15) is 0 Å². The lowest BCUT2D eigenvalue weighted by molar-refractivity contribution is -0.121. The number of hydrogen-bond acceptors (Lipinski definition) is 2. The molecule has 3 rings (SSSR count). The molecule has 2 heterocycles. The summed E-state index contributed by atoms with van der Waals surface area (Å²) in [7, 11) is 0. The Balaban J connectivity index is 1.60. The van der Waals surface area contributed by atoms with Crippen molar-refractivity contribution < 1.29 is 4.79 Å². The van der Waals surface area contributed by atoms with E-state index in [0.717, 1.165) is 27.5 Å². The Labute approximate surface area is 130 Å². The van der Waals surface area contributed by atoms with Gasteiger partial charge in [0.2, 0.25) is 5.91 Å². The van der Waals surface area contributed by atoms with E-state index in [2.05, 4.69) is 31.2 Å². The highest BCUT2D eigenvalue weighted by atomic mass is 79.9. The normalized spacial score (nSPS) is 10.9. The number of carbonyl (C=O) groups is 1. The summed E-state index contributed by atoms with van der Waals surface area (Å²) in [6, 6.07) is 7.99. The molecule has 0 aliphatic rings. The van der Waals surface area contributed by atoms with Crippen molar-refractivity contribution in [1.29, 1.82) is 0 Å². The Hall–Kier alpha value is -2.08. The number of fused-ring (bicyclic) bond motifs is 1. The van der Waals surface area contributed by atoms with Crippen LogP contribution in [-0.4, -0.2) is 27.0 Å². The van der Waals surface area contributed by atoms with Gasteiger partial charge in [-0.1, -0.05) is 22.0 Å². The fourth-order valence-corrected chi connectivity index (χ4v) is 2.78. The van der Waals surface area contributed by atoms with Gasteiger partial charge in [-0.05, 0) is 18.2 Å². The standard InChI is InChI=1S/C15H15BrN4O/c16-13-2-1-3-14-12(13)5-7-20(14)9-15(21)18-6-4-11-8-17-10-19-11/h1-3,5,7-8,10H,4,6,9H2,(H,17,19)(H,18,21). The van der Waals surface area contributed by atoms with Crippen LogP contribution < -0.4 is 5.32 Å². The maximum Gasteiger partial charge on any atom is 0.239 e. The molecule has 21 heavy (non-hydrogen) atoms. The second-order valence-corrected chi connectivity index (χ2v) is 5.65. The molecule has 2 N–H and O–H groups in total. The van der Waals surface area contributed by atoms with Gasteiger partial charge in [0.1, 0.15) is 6.54 Å². The first kappa shape index (κ1) is 13.9. The van der Waals surface area contributed by atoms with Gasteiger partial charge in [-0.15, -0.1) is 0 Å². The van der Waals surface area contributed by atoms with Crippen LogP contribution in [0, 0.1) is 0 Å². The molecule has 0 fully saturated rings. The zero-order valence-electron chi connectivity index (χ0n) is 11.3. The molecular formula is C15H15BrN4O. The van der Waals surface area contributed by atoms with Crippen molar-refractivity contribution in [3.8, 4) is 0 Å². The van der Waals surface area contributed by atoms with E-state index >= 15 is 0 Å². The van der Waals surface area contributed by atoms with Gasteiger partial charge < -0.3 is 14.9 Å². The van der Waals surface area contributed by atoms with Crippen LogP contribution in [0.25, 0.3) is 10.9 Å². The second kappa shape index (κ2) is 6.13. The SMILES string of the molecule is O=C(Cn1ccc2c(Br)cccc21)NCCc1cnc[nH]1. The molecule has 5 nitrogen and oxygen atoms in total. The number of nitrogens with zero attached hydrogens (tertiary/aromatic N) is 2. The topological polar surface area (TPSA) is 62.7 Å². The number of H-pyrrole nitrogens is 1. The number of benzene rings is 1. The maximum atomic E-state index is 12.0. The average molecular weight is 347 g/mol. The molecule has 0 saturated heterocycles. The van der Waals surface area contributed by atoms with Crippen LogP contribution in [0.1, 0.15) is 5.69 Å². The molecule has 0 bridgehead atoms. The average Bonchev–Trinajstić information content (AvgIpc) is 3.10. The van der Waals surface area contributed by atoms with Crippen molar-refractivity contribution in [2.45, 2.75) is 13.0 Å². The molecule has 1 amide bonds. The van der Waals surface area contributed by atoms with Crippen LogP contribution in [0.15, 0.2) is 47.5 Å². The Morgan fingerprint density at radius 1 is 1.38 bits per heavy atom. The van der Waals surface area contributed by atoms with Crippen molar-refractivity contribution in [3.05, 3.63) is 53.2 Å². The van der Waals surface area contributed by atoms with Crippen LogP contribution in [0.2, 0.25) is 0 Å². The molecular weight excluding hydrogens is 332 g/mol. The first-order valence-electron chi connectivity index (χ1n) is 6.71. The van der Waals surface area contributed by atoms with Crippen molar-refractivity contribution >= 4 is 32.7 Å². The summed E-state index contributed by atoms with van der Waals surface area (Å²) in [4.78, 5) is 19.0. The first-order valence-corrected chi connectivity index (χ1v) is 7.50. The van der Waals surface area contributed by atoms with Crippen LogP contribution in [0.5, 0.6) is 0 Å². The number of aromatic nitrogens is 3. The van der Waals surface area contributed by atoms with E-state index < -0.39 is 0 Å². The predicted octanol–water partition coefficient (Wildman–Crippen LogP) is 2.49. The van der Waals surface area contributed by atoms with Gasteiger partial charge in [0.15, 0.2) is 0 Å². The molecule has 0 spiro atoms. The minimum atomic E-state index is 0.00647. The number of halogens is 1. The fraction of sp³-hybridized carbons (Fsp3) is 0.200. The molecule has 108 valence electrons. The van der Waals surface area contributed by atoms with E-state index in [1.165, 1.54) is 0 Å². The number of carbonyl (C=O) groups excluding carboxylic acids is 1. The molecule has 1 aromatic carbocycles. The smallest absolute Gasteiger partial charge is 0.239 e. The summed E-state index contributed by atoms with van der Waals surface area (Å²) in [5.41, 5.74) is 2.07. The molecule has 0 aliphatic carbocycles. The first-order chi connectivity index (χ1) is 10.2. The lowest BCUT2D eigenvalue weighted by Gasteiger charge is -2.07. The Kier molecular flexibility index (Phi) is 4.06. The third-order valence-corrected chi connectivity index (χ3v) is 4.04. The highest BCUT2D eigenvalue weighted by Gasteiger charge is 2.07. The van der Waals surface area contributed by atoms with Crippen molar-refractivity contribution in [1.82, 2.24) is 19.9 Å². The zero-order valence-corrected chi connectivity index (χ0v) is 12.9. The third kappa shape index (κ3) is 3.16. The van der Waals surface area contributed by atoms with Crippen LogP contribution in [0.4, 0.5) is 0 Å². The molecule has 6 heteroatoms. The monoisotopic (exact) mass is 346 g/mol. The molecule has 0 unspecified atom stereocenters. The molecule has 0 atom stereocenters. The van der Waals surface area contributed by atoms with E-state index in [4.69, 9.17) is 0 Å². The second-order valence-electron chi connectivity index (χ2n) is 4.79. The van der Waals surface area contributed by atoms with Gasteiger partial charge >= 0.3 is 0 Å². The summed E-state index contributed by atoms with van der Waals surface area (Å²) < 4.78 is 2.99. The van der Waals surface area contributed by atoms with Crippen LogP contribution in [-0.2, 0) is 17.8 Å². The summed E-state index contributed by atoms with van der Waals surface area (Å²) in [6.45, 7) is 0.923. The predicted molar refractivity (Wildman–Crippen MR) is 84.9 cm³/mol. The van der Waals surface area contributed by atoms with E-state index in [9.17, 15) is 4.79 Å². The Morgan fingerprint density at radius 2 is 2.29 bits per heavy atom. The quantitative estimate of drug-likeness (QED) is 0.745. The van der Waals surface area contributed by atoms with Crippen molar-refractivity contribution in [2.75, 3.05) is 6.54 Å². The highest BCUT2D eigenvalue weighted by molar-refractivity contribution is 9.10. The van der Waals surface area contributed by atoms with E-state index in [0.29, 0.717) is 13.1 Å². The highest BCUT2D eigenvalue weighted by Crippen LogP contribution is 2.24. The van der Waals surface area contributed by atoms with Crippen LogP contribution in [0.3, 0.4) is 0 Å². The number of rotatable bonds is 5. The molecule has 3 aromatic rings. The van der Waals surface area contributed by atoms with Gasteiger partial charge in [0.25, 0.3) is 0 Å². The summed E-state index contributed by atoms with van der Waals surface area (Å²) in [6.07, 6.45) is 6.09. The Morgan fingerprint density at radius 3 is 3.10 bits per heavy atom. The Bertz CT molecular complexity index is 748. The van der Waals surface area contributed by atoms with E-state index in [1.54, 1.807) is 12.5 Å². The minimum absolute atomic E-state index is 0.00647. The fourth-order valence-electron chi connectivity index (χ4n) is 2.29. The number of amides is 1. The number of aromatic amines is 1. The number of nitrogens with one attached hydrogen (secondary N) is 2. The van der Waals surface area contributed by atoms with Crippen molar-refractivity contribution in [2.24, 2.45) is 0 Å². The van der Waals surface area contributed by atoms with Gasteiger partial charge in [-0.3, -0.25) is 4.79 Å². The third-order valence-electron chi connectivity index (χ3n) is 3.35. The lowest BCUT2D eigenvalue weighted by Crippen LogP contribution is -2.29. The van der Waals surface area contributed by atoms with Gasteiger partial charge in [0, 0.05) is 46.4 Å². The van der Waals surface area contributed by atoms with Crippen LogP contribution >= 0.6 is 15.9 Å². The van der Waals surface area contributed by atoms with Gasteiger partial charge in [-0.25, -0.2) is 4.98 Å². The molecule has 0 saturated carbocycles. The molecule has 0 radical (unpaired) electrons. The maximum absolute atomic E-state index is 12.0. The van der Waals surface area contributed by atoms with E-state index in [-0.39, 0.29) is 5.91 Å². The molecule has 0 aliphatic heterocycles. The molecule has 2 aromatic heterocycles. The van der Waals surface area contributed by atoms with Gasteiger partial charge in [0.05, 0.1) is 6.33 Å². The zero-order chi connectivity index (χ0) is 14.7. The van der Waals surface area contributed by atoms with E-state index in [1.807, 2.05) is 35.0 Å². The number of imidazole rings is 1. The largest absolute Gasteiger partial charge is 0.354 e. The summed E-state index contributed by atoms with van der Waals surface area (Å²) >= 11 is 3.52. The lowest BCUT2D eigenvalue weighted by atomic mass is 10.2. The summed E-state index contributed by atoms with van der Waals surface area (Å²) in [5, 5.41) is 4.03.